The topological polar surface area (TPSA) is 79.9 Å². The molecular formula is C16H29N3O4. The molecule has 1 atom stereocenters. The number of nitrogens with one attached hydrogen (secondary N) is 2. The molecule has 0 aromatic rings. The van der Waals surface area contributed by atoms with Crippen molar-refractivity contribution >= 4 is 11.8 Å². The fourth-order valence-electron chi connectivity index (χ4n) is 2.79. The van der Waals surface area contributed by atoms with E-state index in [1.807, 2.05) is 0 Å². The summed E-state index contributed by atoms with van der Waals surface area (Å²) in [7, 11) is 0. The monoisotopic (exact) mass is 327 g/mol. The van der Waals surface area contributed by atoms with Crippen molar-refractivity contribution in [1.82, 2.24) is 15.5 Å². The molecule has 2 heterocycles. The molecule has 2 aliphatic heterocycles. The maximum absolute atomic E-state index is 11.7. The van der Waals surface area contributed by atoms with Crippen LogP contribution < -0.4 is 10.6 Å². The minimum absolute atomic E-state index is 0.0563. The van der Waals surface area contributed by atoms with Crippen LogP contribution in [-0.2, 0) is 19.1 Å². The van der Waals surface area contributed by atoms with Crippen LogP contribution in [0.2, 0.25) is 0 Å². The highest BCUT2D eigenvalue weighted by atomic mass is 16.5. The van der Waals surface area contributed by atoms with Crippen molar-refractivity contribution in [2.75, 3.05) is 52.5 Å². The van der Waals surface area contributed by atoms with E-state index < -0.39 is 0 Å². The Kier molecular flexibility index (Phi) is 8.35. The maximum atomic E-state index is 11.7. The number of hydrogen-bond donors (Lipinski definition) is 2. The summed E-state index contributed by atoms with van der Waals surface area (Å²) >= 11 is 0. The van der Waals surface area contributed by atoms with Crippen molar-refractivity contribution in [3.8, 4) is 0 Å². The highest BCUT2D eigenvalue weighted by Gasteiger charge is 2.16. The number of hydrogen-bond acceptors (Lipinski definition) is 5. The Hall–Kier alpha value is -1.18. The van der Waals surface area contributed by atoms with E-state index in [1.165, 1.54) is 0 Å². The lowest BCUT2D eigenvalue weighted by Crippen LogP contribution is -2.38. The standard InChI is InChI=1S/C16H29N3O4/c20-15(17-6-2-7-19-8-11-22-12-9-19)4-5-16(21)18-13-14-3-1-10-23-14/h14H,1-13H2,(H,17,20)(H,18,21). The van der Waals surface area contributed by atoms with Gasteiger partial charge in [-0.05, 0) is 25.8 Å². The zero-order chi connectivity index (χ0) is 16.3. The molecule has 0 radical (unpaired) electrons. The third kappa shape index (κ3) is 7.76. The van der Waals surface area contributed by atoms with Crippen molar-refractivity contribution in [1.29, 1.82) is 0 Å². The van der Waals surface area contributed by atoms with Gasteiger partial charge >= 0.3 is 0 Å². The molecule has 0 bridgehead atoms. The molecule has 7 heteroatoms. The minimum Gasteiger partial charge on any atom is -0.379 e. The molecule has 2 amide bonds. The van der Waals surface area contributed by atoms with Crippen LogP contribution in [0.4, 0.5) is 0 Å². The Balaban J connectivity index is 1.43. The molecular weight excluding hydrogens is 298 g/mol. The Morgan fingerprint density at radius 3 is 2.48 bits per heavy atom. The number of nitrogens with zero attached hydrogens (tertiary/aromatic N) is 1. The van der Waals surface area contributed by atoms with Gasteiger partial charge in [-0.3, -0.25) is 14.5 Å². The lowest BCUT2D eigenvalue weighted by molar-refractivity contribution is -0.126. The van der Waals surface area contributed by atoms with Gasteiger partial charge < -0.3 is 20.1 Å². The first-order valence-electron chi connectivity index (χ1n) is 8.69. The van der Waals surface area contributed by atoms with Gasteiger partial charge in [-0.1, -0.05) is 0 Å². The van der Waals surface area contributed by atoms with E-state index in [0.29, 0.717) is 13.1 Å². The van der Waals surface area contributed by atoms with Crippen molar-refractivity contribution in [2.24, 2.45) is 0 Å². The second-order valence-electron chi connectivity index (χ2n) is 6.10. The molecule has 0 spiro atoms. The second-order valence-corrected chi connectivity index (χ2v) is 6.10. The molecule has 2 rings (SSSR count). The van der Waals surface area contributed by atoms with E-state index in [-0.39, 0.29) is 30.8 Å². The molecule has 0 aromatic carbocycles. The van der Waals surface area contributed by atoms with Crippen molar-refractivity contribution < 1.29 is 19.1 Å². The molecule has 1 unspecified atom stereocenters. The summed E-state index contributed by atoms with van der Waals surface area (Å²) < 4.78 is 10.7. The van der Waals surface area contributed by atoms with Gasteiger partial charge in [0.05, 0.1) is 19.3 Å². The van der Waals surface area contributed by atoms with Crippen LogP contribution in [0, 0.1) is 0 Å². The van der Waals surface area contributed by atoms with Crippen LogP contribution in [0.1, 0.15) is 32.1 Å². The summed E-state index contributed by atoms with van der Waals surface area (Å²) in [5.74, 6) is -0.136. The van der Waals surface area contributed by atoms with Crippen LogP contribution in [0.3, 0.4) is 0 Å². The van der Waals surface area contributed by atoms with Crippen LogP contribution in [-0.4, -0.2) is 75.4 Å². The van der Waals surface area contributed by atoms with E-state index in [4.69, 9.17) is 9.47 Å². The Bertz CT molecular complexity index is 366. The van der Waals surface area contributed by atoms with Crippen LogP contribution in [0.5, 0.6) is 0 Å². The van der Waals surface area contributed by atoms with Gasteiger partial charge in [-0.25, -0.2) is 0 Å². The molecule has 2 fully saturated rings. The molecule has 7 nitrogen and oxygen atoms in total. The van der Waals surface area contributed by atoms with Crippen molar-refractivity contribution in [2.45, 2.75) is 38.2 Å². The summed E-state index contributed by atoms with van der Waals surface area (Å²) in [6, 6.07) is 0. The normalized spacial score (nSPS) is 22.0. The number of carbonyl (C=O) groups is 2. The number of morpholine rings is 1. The lowest BCUT2D eigenvalue weighted by Gasteiger charge is -2.26. The highest BCUT2D eigenvalue weighted by molar-refractivity contribution is 5.83. The van der Waals surface area contributed by atoms with Crippen molar-refractivity contribution in [3.63, 3.8) is 0 Å². The quantitative estimate of drug-likeness (QED) is 0.578. The number of rotatable bonds is 9. The molecule has 0 saturated carbocycles. The van der Waals surface area contributed by atoms with E-state index in [2.05, 4.69) is 15.5 Å². The fraction of sp³-hybridized carbons (Fsp3) is 0.875. The van der Waals surface area contributed by atoms with E-state index >= 15 is 0 Å². The predicted octanol–water partition coefficient (Wildman–Crippen LogP) is -0.0997. The van der Waals surface area contributed by atoms with Crippen LogP contribution in [0.25, 0.3) is 0 Å². The SMILES string of the molecule is O=C(CCC(=O)NCC1CCCO1)NCCCN1CCOCC1. The third-order valence-corrected chi connectivity index (χ3v) is 4.21. The number of amides is 2. The van der Waals surface area contributed by atoms with E-state index in [1.54, 1.807) is 0 Å². The molecule has 2 N–H and O–H groups in total. The molecule has 132 valence electrons. The van der Waals surface area contributed by atoms with Gasteiger partial charge in [-0.2, -0.15) is 0 Å². The largest absolute Gasteiger partial charge is 0.379 e. The van der Waals surface area contributed by atoms with Gasteiger partial charge in [0.2, 0.25) is 11.8 Å². The summed E-state index contributed by atoms with van der Waals surface area (Å²) in [5.41, 5.74) is 0. The van der Waals surface area contributed by atoms with Crippen molar-refractivity contribution in [3.05, 3.63) is 0 Å². The Morgan fingerprint density at radius 2 is 1.78 bits per heavy atom. The highest BCUT2D eigenvalue weighted by Crippen LogP contribution is 2.10. The maximum Gasteiger partial charge on any atom is 0.220 e. The zero-order valence-corrected chi connectivity index (χ0v) is 13.8. The summed E-state index contributed by atoms with van der Waals surface area (Å²) in [4.78, 5) is 25.7. The van der Waals surface area contributed by atoms with Gasteiger partial charge in [0.25, 0.3) is 0 Å². The Labute approximate surface area is 138 Å². The zero-order valence-electron chi connectivity index (χ0n) is 13.8. The average Bonchev–Trinajstić information content (AvgIpc) is 3.09. The summed E-state index contributed by atoms with van der Waals surface area (Å²) in [6.07, 6.45) is 3.62. The van der Waals surface area contributed by atoms with Crippen LogP contribution in [0.15, 0.2) is 0 Å². The number of carbonyl (C=O) groups excluding carboxylic acids is 2. The first-order chi connectivity index (χ1) is 11.2. The smallest absolute Gasteiger partial charge is 0.220 e. The molecule has 2 aliphatic rings. The predicted molar refractivity (Wildman–Crippen MR) is 86.1 cm³/mol. The van der Waals surface area contributed by atoms with Gasteiger partial charge in [0, 0.05) is 45.6 Å². The second kappa shape index (κ2) is 10.6. The number of ether oxygens (including phenoxy) is 2. The first kappa shape index (κ1) is 18.2. The fourth-order valence-corrected chi connectivity index (χ4v) is 2.79. The molecule has 0 aliphatic carbocycles. The molecule has 2 saturated heterocycles. The first-order valence-corrected chi connectivity index (χ1v) is 8.69. The molecule has 23 heavy (non-hydrogen) atoms. The van der Waals surface area contributed by atoms with Gasteiger partial charge in [-0.15, -0.1) is 0 Å². The van der Waals surface area contributed by atoms with E-state index in [9.17, 15) is 9.59 Å². The summed E-state index contributed by atoms with van der Waals surface area (Å²) in [6.45, 7) is 6.52. The van der Waals surface area contributed by atoms with Gasteiger partial charge in [0.1, 0.15) is 0 Å². The average molecular weight is 327 g/mol. The summed E-state index contributed by atoms with van der Waals surface area (Å²) in [5, 5.41) is 5.70. The van der Waals surface area contributed by atoms with Gasteiger partial charge in [0.15, 0.2) is 0 Å². The Morgan fingerprint density at radius 1 is 1.04 bits per heavy atom. The third-order valence-electron chi connectivity index (χ3n) is 4.21. The van der Waals surface area contributed by atoms with E-state index in [0.717, 1.165) is 58.7 Å². The molecule has 0 aromatic heterocycles. The lowest BCUT2D eigenvalue weighted by atomic mass is 10.2. The minimum atomic E-state index is -0.0797. The van der Waals surface area contributed by atoms with Crippen LogP contribution >= 0.6 is 0 Å².